The molecule has 0 bridgehead atoms. The Morgan fingerprint density at radius 3 is 2.55 bits per heavy atom. The van der Waals surface area contributed by atoms with E-state index in [1.54, 1.807) is 24.3 Å². The molecular weight excluding hydrogens is 424 g/mol. The molecule has 0 saturated heterocycles. The van der Waals surface area contributed by atoms with Gasteiger partial charge in [-0.25, -0.2) is 4.68 Å². The van der Waals surface area contributed by atoms with Crippen LogP contribution in [0.15, 0.2) is 64.4 Å². The quantitative estimate of drug-likeness (QED) is 0.373. The van der Waals surface area contributed by atoms with Crippen LogP contribution in [-0.4, -0.2) is 38.3 Å². The average molecular weight is 439 g/mol. The summed E-state index contributed by atoms with van der Waals surface area (Å²) < 4.78 is 1.51. The van der Waals surface area contributed by atoms with Gasteiger partial charge in [0.25, 0.3) is 17.0 Å². The van der Waals surface area contributed by atoms with Gasteiger partial charge in [0, 0.05) is 11.2 Å². The highest BCUT2D eigenvalue weighted by Crippen LogP contribution is 2.16. The molecule has 10 nitrogen and oxygen atoms in total. The van der Waals surface area contributed by atoms with Gasteiger partial charge in [-0.1, -0.05) is 17.7 Å². The van der Waals surface area contributed by atoms with Gasteiger partial charge >= 0.3 is 0 Å². The molecule has 2 heterocycles. The maximum Gasteiger partial charge on any atom is 0.272 e. The zero-order chi connectivity index (χ0) is 22.0. The van der Waals surface area contributed by atoms with Crippen LogP contribution in [0.3, 0.4) is 0 Å². The van der Waals surface area contributed by atoms with E-state index < -0.39 is 22.9 Å². The molecule has 2 aromatic heterocycles. The SMILES string of the molecule is O=C(CNC(=O)c1cnn(-c2ccc(Cl)cc2)c1)Nc1cccc2c(=O)[nH][nH]c(=O)c12. The summed E-state index contributed by atoms with van der Waals surface area (Å²) in [6, 6.07) is 11.4. The zero-order valence-electron chi connectivity index (χ0n) is 15.8. The summed E-state index contributed by atoms with van der Waals surface area (Å²) in [6.45, 7) is -0.345. The van der Waals surface area contributed by atoms with Crippen molar-refractivity contribution >= 4 is 39.9 Å². The fourth-order valence-electron chi connectivity index (χ4n) is 2.97. The van der Waals surface area contributed by atoms with Crippen molar-refractivity contribution in [3.05, 3.63) is 86.2 Å². The van der Waals surface area contributed by atoms with Gasteiger partial charge < -0.3 is 10.6 Å². The number of hydrogen-bond donors (Lipinski definition) is 4. The highest BCUT2D eigenvalue weighted by atomic mass is 35.5. The first-order valence-corrected chi connectivity index (χ1v) is 9.42. The summed E-state index contributed by atoms with van der Waals surface area (Å²) in [4.78, 5) is 48.5. The first kappa shape index (κ1) is 20.1. The first-order valence-electron chi connectivity index (χ1n) is 9.05. The van der Waals surface area contributed by atoms with Gasteiger partial charge in [-0.3, -0.25) is 29.4 Å². The summed E-state index contributed by atoms with van der Waals surface area (Å²) >= 11 is 5.86. The van der Waals surface area contributed by atoms with Gasteiger partial charge in [0.15, 0.2) is 0 Å². The Labute approximate surface area is 178 Å². The number of H-pyrrole nitrogens is 2. The van der Waals surface area contributed by atoms with E-state index in [1.165, 1.54) is 35.3 Å². The molecule has 0 aliphatic rings. The lowest BCUT2D eigenvalue weighted by Crippen LogP contribution is -2.33. The number of aromatic amines is 2. The van der Waals surface area contributed by atoms with Crippen LogP contribution in [0.1, 0.15) is 10.4 Å². The lowest BCUT2D eigenvalue weighted by molar-refractivity contribution is -0.115. The number of carbonyl (C=O) groups is 2. The average Bonchev–Trinajstić information content (AvgIpc) is 3.26. The van der Waals surface area contributed by atoms with E-state index in [-0.39, 0.29) is 28.6 Å². The Hall–Kier alpha value is -4.18. The second-order valence-electron chi connectivity index (χ2n) is 6.52. The third kappa shape index (κ3) is 4.23. The molecule has 0 aliphatic heterocycles. The fraction of sp³-hybridized carbons (Fsp3) is 0.0500. The van der Waals surface area contributed by atoms with E-state index in [4.69, 9.17) is 11.6 Å². The van der Waals surface area contributed by atoms with Crippen LogP contribution >= 0.6 is 11.6 Å². The lowest BCUT2D eigenvalue weighted by atomic mass is 10.1. The second-order valence-corrected chi connectivity index (χ2v) is 6.95. The third-order valence-corrected chi connectivity index (χ3v) is 4.70. The topological polar surface area (TPSA) is 142 Å². The smallest absolute Gasteiger partial charge is 0.272 e. The molecule has 0 unspecified atom stereocenters. The lowest BCUT2D eigenvalue weighted by Gasteiger charge is -2.08. The number of benzene rings is 2. The minimum atomic E-state index is -0.564. The number of carbonyl (C=O) groups excluding carboxylic acids is 2. The molecule has 11 heteroatoms. The molecule has 4 aromatic rings. The zero-order valence-corrected chi connectivity index (χ0v) is 16.6. The van der Waals surface area contributed by atoms with Crippen molar-refractivity contribution in [3.63, 3.8) is 0 Å². The minimum absolute atomic E-state index is 0.0511. The Balaban J connectivity index is 1.43. The Morgan fingerprint density at radius 1 is 1.03 bits per heavy atom. The van der Waals surface area contributed by atoms with E-state index in [9.17, 15) is 19.2 Å². The summed E-state index contributed by atoms with van der Waals surface area (Å²) in [5.41, 5.74) is 0.105. The van der Waals surface area contributed by atoms with Crippen molar-refractivity contribution in [1.82, 2.24) is 25.3 Å². The molecule has 0 radical (unpaired) electrons. The maximum absolute atomic E-state index is 12.3. The van der Waals surface area contributed by atoms with Gasteiger partial charge in [0.05, 0.1) is 40.5 Å². The molecule has 4 N–H and O–H groups in total. The number of halogens is 1. The molecule has 0 aliphatic carbocycles. The van der Waals surface area contributed by atoms with Crippen molar-refractivity contribution in [3.8, 4) is 5.69 Å². The Kier molecular flexibility index (Phi) is 5.37. The van der Waals surface area contributed by atoms with Crippen LogP contribution in [0.25, 0.3) is 16.5 Å². The molecule has 0 saturated carbocycles. The first-order chi connectivity index (χ1) is 14.9. The van der Waals surface area contributed by atoms with E-state index in [2.05, 4.69) is 25.9 Å². The number of fused-ring (bicyclic) bond motifs is 1. The Bertz CT molecular complexity index is 1400. The van der Waals surface area contributed by atoms with Crippen molar-refractivity contribution < 1.29 is 9.59 Å². The number of hydrogen-bond acceptors (Lipinski definition) is 5. The fourth-order valence-corrected chi connectivity index (χ4v) is 3.09. The molecule has 0 spiro atoms. The van der Waals surface area contributed by atoms with Crippen LogP contribution in [0.2, 0.25) is 5.02 Å². The van der Waals surface area contributed by atoms with E-state index in [0.717, 1.165) is 5.69 Å². The number of nitrogens with zero attached hydrogens (tertiary/aromatic N) is 2. The summed E-state index contributed by atoms with van der Waals surface area (Å²) in [7, 11) is 0. The van der Waals surface area contributed by atoms with Crippen LogP contribution in [0, 0.1) is 0 Å². The third-order valence-electron chi connectivity index (χ3n) is 4.45. The summed E-state index contributed by atoms with van der Waals surface area (Å²) in [6.07, 6.45) is 2.89. The Morgan fingerprint density at radius 2 is 1.77 bits per heavy atom. The standard InChI is InChI=1S/C20H15ClN6O4/c21-12-4-6-13(7-5-12)27-10-11(8-23-27)18(29)22-9-16(28)24-15-3-1-2-14-17(15)20(31)26-25-19(14)30/h1-8,10H,9H2,(H,22,29)(H,24,28)(H,25,30)(H,26,31). The number of rotatable bonds is 5. The highest BCUT2D eigenvalue weighted by Gasteiger charge is 2.14. The largest absolute Gasteiger partial charge is 0.343 e. The van der Waals surface area contributed by atoms with Crippen LogP contribution in [0.4, 0.5) is 5.69 Å². The molecule has 31 heavy (non-hydrogen) atoms. The highest BCUT2D eigenvalue weighted by molar-refractivity contribution is 6.30. The molecule has 156 valence electrons. The number of nitrogens with one attached hydrogen (secondary N) is 4. The van der Waals surface area contributed by atoms with Gasteiger partial charge in [-0.05, 0) is 36.4 Å². The monoisotopic (exact) mass is 438 g/mol. The normalized spacial score (nSPS) is 10.7. The molecular formula is C20H15ClN6O4. The molecule has 2 aromatic carbocycles. The van der Waals surface area contributed by atoms with Gasteiger partial charge in [0.2, 0.25) is 5.91 Å². The van der Waals surface area contributed by atoms with Crippen LogP contribution in [-0.2, 0) is 4.79 Å². The number of anilines is 1. The van der Waals surface area contributed by atoms with Crippen molar-refractivity contribution in [1.29, 1.82) is 0 Å². The number of aromatic nitrogens is 4. The van der Waals surface area contributed by atoms with Crippen LogP contribution in [0.5, 0.6) is 0 Å². The molecule has 0 atom stereocenters. The predicted molar refractivity (Wildman–Crippen MR) is 115 cm³/mol. The molecule has 0 fully saturated rings. The molecule has 2 amide bonds. The predicted octanol–water partition coefficient (Wildman–Crippen LogP) is 1.42. The second kappa shape index (κ2) is 8.28. The summed E-state index contributed by atoms with van der Waals surface area (Å²) in [5, 5.41) is 14.4. The molecule has 4 rings (SSSR count). The van der Waals surface area contributed by atoms with Crippen LogP contribution < -0.4 is 21.8 Å². The van der Waals surface area contributed by atoms with Gasteiger partial charge in [-0.15, -0.1) is 0 Å². The van der Waals surface area contributed by atoms with Crippen molar-refractivity contribution in [2.75, 3.05) is 11.9 Å². The van der Waals surface area contributed by atoms with E-state index >= 15 is 0 Å². The van der Waals surface area contributed by atoms with Crippen molar-refractivity contribution in [2.45, 2.75) is 0 Å². The number of amides is 2. The van der Waals surface area contributed by atoms with E-state index in [1.807, 2.05) is 0 Å². The maximum atomic E-state index is 12.3. The summed E-state index contributed by atoms with van der Waals surface area (Å²) in [5.74, 6) is -1.06. The van der Waals surface area contributed by atoms with E-state index in [0.29, 0.717) is 5.02 Å². The van der Waals surface area contributed by atoms with Gasteiger partial charge in [-0.2, -0.15) is 5.10 Å². The minimum Gasteiger partial charge on any atom is -0.343 e. The van der Waals surface area contributed by atoms with Gasteiger partial charge in [0.1, 0.15) is 0 Å². The van der Waals surface area contributed by atoms with Crippen molar-refractivity contribution in [2.24, 2.45) is 0 Å².